The van der Waals surface area contributed by atoms with Crippen LogP contribution in [0.4, 0.5) is 10.1 Å². The molecule has 30 heavy (non-hydrogen) atoms. The number of anilines is 1. The van der Waals surface area contributed by atoms with E-state index in [2.05, 4.69) is 5.32 Å². The Labute approximate surface area is 175 Å². The number of methoxy groups -OCH3 is 2. The molecule has 2 aromatic carbocycles. The Morgan fingerprint density at radius 1 is 1.13 bits per heavy atom. The van der Waals surface area contributed by atoms with Crippen LogP contribution in [0.5, 0.6) is 11.5 Å². The molecule has 1 heterocycles. The molecule has 0 spiro atoms. The van der Waals surface area contributed by atoms with Crippen molar-refractivity contribution in [1.82, 2.24) is 4.31 Å². The monoisotopic (exact) mass is 436 g/mol. The number of hydrogen-bond acceptors (Lipinski definition) is 5. The molecule has 2 aromatic rings. The maximum Gasteiger partial charge on any atom is 0.243 e. The standard InChI is InChI=1S/C21H25FN2O5S/c1-28-17-8-11-19(20(14-17)29-2)23-21(25)13-16-5-3-4-12-24(16)30(26,27)18-9-6-15(22)7-10-18/h6-11,14,16H,3-5,12-13H2,1-2H3,(H,23,25)/t16-/m0/s1. The quantitative estimate of drug-likeness (QED) is 0.719. The highest BCUT2D eigenvalue weighted by Gasteiger charge is 2.34. The molecule has 0 saturated carbocycles. The summed E-state index contributed by atoms with van der Waals surface area (Å²) in [6.07, 6.45) is 2.13. The second kappa shape index (κ2) is 9.44. The van der Waals surface area contributed by atoms with Gasteiger partial charge in [-0.25, -0.2) is 12.8 Å². The highest BCUT2D eigenvalue weighted by atomic mass is 32.2. The Balaban J connectivity index is 1.75. The van der Waals surface area contributed by atoms with E-state index in [4.69, 9.17) is 9.47 Å². The molecule has 3 rings (SSSR count). The summed E-state index contributed by atoms with van der Waals surface area (Å²) < 4.78 is 51.1. The molecule has 0 bridgehead atoms. The summed E-state index contributed by atoms with van der Waals surface area (Å²) >= 11 is 0. The number of benzene rings is 2. The van der Waals surface area contributed by atoms with E-state index < -0.39 is 21.9 Å². The second-order valence-electron chi connectivity index (χ2n) is 7.04. The van der Waals surface area contributed by atoms with E-state index in [-0.39, 0.29) is 17.2 Å². The average molecular weight is 437 g/mol. The van der Waals surface area contributed by atoms with Crippen LogP contribution in [0, 0.1) is 5.82 Å². The summed E-state index contributed by atoms with van der Waals surface area (Å²) in [5.41, 5.74) is 0.479. The number of hydrogen-bond donors (Lipinski definition) is 1. The van der Waals surface area contributed by atoms with Gasteiger partial charge in [-0.2, -0.15) is 4.31 Å². The van der Waals surface area contributed by atoms with Gasteiger partial charge in [-0.1, -0.05) is 6.42 Å². The number of nitrogens with zero attached hydrogens (tertiary/aromatic N) is 1. The molecule has 7 nitrogen and oxygen atoms in total. The topological polar surface area (TPSA) is 84.9 Å². The van der Waals surface area contributed by atoms with Crippen LogP contribution in [0.25, 0.3) is 0 Å². The third kappa shape index (κ3) is 4.91. The van der Waals surface area contributed by atoms with Crippen molar-refractivity contribution in [3.8, 4) is 11.5 Å². The van der Waals surface area contributed by atoms with Crippen molar-refractivity contribution in [2.24, 2.45) is 0 Å². The van der Waals surface area contributed by atoms with Crippen LogP contribution in [0.15, 0.2) is 47.4 Å². The second-order valence-corrected chi connectivity index (χ2v) is 8.93. The van der Waals surface area contributed by atoms with Gasteiger partial charge in [-0.05, 0) is 49.2 Å². The number of nitrogens with one attached hydrogen (secondary N) is 1. The number of amides is 1. The lowest BCUT2D eigenvalue weighted by Gasteiger charge is -2.34. The molecule has 0 aliphatic carbocycles. The van der Waals surface area contributed by atoms with Crippen molar-refractivity contribution in [2.45, 2.75) is 36.6 Å². The minimum atomic E-state index is -3.82. The van der Waals surface area contributed by atoms with Crippen molar-refractivity contribution in [3.63, 3.8) is 0 Å². The lowest BCUT2D eigenvalue weighted by molar-refractivity contribution is -0.117. The summed E-state index contributed by atoms with van der Waals surface area (Å²) in [5, 5.41) is 2.79. The van der Waals surface area contributed by atoms with E-state index in [1.54, 1.807) is 18.2 Å². The molecule has 162 valence electrons. The van der Waals surface area contributed by atoms with Gasteiger partial charge in [0.2, 0.25) is 15.9 Å². The molecule has 1 saturated heterocycles. The largest absolute Gasteiger partial charge is 0.497 e. The van der Waals surface area contributed by atoms with E-state index in [9.17, 15) is 17.6 Å². The van der Waals surface area contributed by atoms with Crippen LogP contribution in [-0.2, 0) is 14.8 Å². The fourth-order valence-corrected chi connectivity index (χ4v) is 5.25. The minimum absolute atomic E-state index is 0.00953. The molecule has 9 heteroatoms. The van der Waals surface area contributed by atoms with Crippen LogP contribution >= 0.6 is 0 Å². The maximum atomic E-state index is 13.2. The van der Waals surface area contributed by atoms with Crippen molar-refractivity contribution >= 4 is 21.6 Å². The van der Waals surface area contributed by atoms with Gasteiger partial charge in [0, 0.05) is 25.1 Å². The first-order valence-electron chi connectivity index (χ1n) is 9.64. The fourth-order valence-electron chi connectivity index (χ4n) is 3.55. The van der Waals surface area contributed by atoms with Gasteiger partial charge >= 0.3 is 0 Å². The van der Waals surface area contributed by atoms with Gasteiger partial charge in [0.25, 0.3) is 0 Å². The minimum Gasteiger partial charge on any atom is -0.497 e. The average Bonchev–Trinajstić information content (AvgIpc) is 2.74. The normalized spacial score (nSPS) is 17.4. The van der Waals surface area contributed by atoms with Gasteiger partial charge in [-0.3, -0.25) is 4.79 Å². The van der Waals surface area contributed by atoms with E-state index in [0.29, 0.717) is 36.6 Å². The van der Waals surface area contributed by atoms with Gasteiger partial charge in [0.05, 0.1) is 24.8 Å². The maximum absolute atomic E-state index is 13.2. The Morgan fingerprint density at radius 2 is 1.87 bits per heavy atom. The molecule has 0 aromatic heterocycles. The number of piperidine rings is 1. The van der Waals surface area contributed by atoms with Crippen LogP contribution < -0.4 is 14.8 Å². The van der Waals surface area contributed by atoms with Gasteiger partial charge in [0.1, 0.15) is 17.3 Å². The molecule has 0 radical (unpaired) electrons. The van der Waals surface area contributed by atoms with Crippen LogP contribution in [-0.4, -0.2) is 45.4 Å². The fraction of sp³-hybridized carbons (Fsp3) is 0.381. The Morgan fingerprint density at radius 3 is 2.53 bits per heavy atom. The zero-order chi connectivity index (χ0) is 21.7. The highest BCUT2D eigenvalue weighted by Crippen LogP contribution is 2.31. The number of ether oxygens (including phenoxy) is 2. The smallest absolute Gasteiger partial charge is 0.243 e. The number of rotatable bonds is 7. The SMILES string of the molecule is COc1ccc(NC(=O)C[C@@H]2CCCCN2S(=O)(=O)c2ccc(F)cc2)c(OC)c1. The summed E-state index contributed by atoms with van der Waals surface area (Å²) in [5.74, 6) is 0.220. The van der Waals surface area contributed by atoms with E-state index >= 15 is 0 Å². The molecule has 1 aliphatic rings. The Hall–Kier alpha value is -2.65. The molecular weight excluding hydrogens is 411 g/mol. The summed E-state index contributed by atoms with van der Waals surface area (Å²) in [6, 6.07) is 9.29. The lowest BCUT2D eigenvalue weighted by Crippen LogP contribution is -2.45. The zero-order valence-electron chi connectivity index (χ0n) is 16.9. The third-order valence-electron chi connectivity index (χ3n) is 5.10. The van der Waals surface area contributed by atoms with Crippen LogP contribution in [0.2, 0.25) is 0 Å². The molecule has 1 atom stereocenters. The molecule has 1 fully saturated rings. The molecule has 1 aliphatic heterocycles. The molecule has 1 amide bonds. The van der Waals surface area contributed by atoms with Crippen molar-refractivity contribution in [3.05, 3.63) is 48.3 Å². The molecule has 1 N–H and O–H groups in total. The number of halogens is 1. The van der Waals surface area contributed by atoms with Crippen molar-refractivity contribution < 1.29 is 27.1 Å². The van der Waals surface area contributed by atoms with Crippen molar-refractivity contribution in [2.75, 3.05) is 26.1 Å². The predicted octanol–water partition coefficient (Wildman–Crippen LogP) is 3.41. The van der Waals surface area contributed by atoms with Gasteiger partial charge in [0.15, 0.2) is 0 Å². The van der Waals surface area contributed by atoms with Gasteiger partial charge < -0.3 is 14.8 Å². The van der Waals surface area contributed by atoms with Crippen molar-refractivity contribution in [1.29, 1.82) is 0 Å². The lowest BCUT2D eigenvalue weighted by atomic mass is 10.0. The van der Waals surface area contributed by atoms with E-state index in [1.807, 2.05) is 0 Å². The van der Waals surface area contributed by atoms with Crippen LogP contribution in [0.1, 0.15) is 25.7 Å². The summed E-state index contributed by atoms with van der Waals surface area (Å²) in [4.78, 5) is 12.7. The van der Waals surface area contributed by atoms with E-state index in [1.165, 1.54) is 30.7 Å². The Kier molecular flexibility index (Phi) is 6.94. The zero-order valence-corrected chi connectivity index (χ0v) is 17.7. The van der Waals surface area contributed by atoms with E-state index in [0.717, 1.165) is 18.6 Å². The first-order valence-corrected chi connectivity index (χ1v) is 11.1. The Bertz CT molecular complexity index is 995. The molecule has 0 unspecified atom stereocenters. The number of sulfonamides is 1. The van der Waals surface area contributed by atoms with Crippen LogP contribution in [0.3, 0.4) is 0 Å². The first kappa shape index (κ1) is 22.0. The first-order chi connectivity index (χ1) is 14.3. The number of carbonyl (C=O) groups is 1. The highest BCUT2D eigenvalue weighted by molar-refractivity contribution is 7.89. The summed E-state index contributed by atoms with van der Waals surface area (Å²) in [6.45, 7) is 0.323. The predicted molar refractivity (Wildman–Crippen MR) is 111 cm³/mol. The number of carbonyl (C=O) groups excluding carboxylic acids is 1. The third-order valence-corrected chi connectivity index (χ3v) is 7.06. The summed E-state index contributed by atoms with van der Waals surface area (Å²) in [7, 11) is -0.800. The van der Waals surface area contributed by atoms with Gasteiger partial charge in [-0.15, -0.1) is 0 Å². The molecular formula is C21H25FN2O5S.